The number of nitriles is 1. The van der Waals surface area contributed by atoms with E-state index in [1.165, 1.54) is 0 Å². The van der Waals surface area contributed by atoms with Crippen LogP contribution in [0.25, 0.3) is 0 Å². The fraction of sp³-hybridized carbons (Fsp3) is 0.385. The molecular weight excluding hydrogens is 216 g/mol. The van der Waals surface area contributed by atoms with Gasteiger partial charge >= 0.3 is 5.97 Å². The summed E-state index contributed by atoms with van der Waals surface area (Å²) in [6, 6.07) is 11.7. The highest BCUT2D eigenvalue weighted by Crippen LogP contribution is 2.12. The topological polar surface area (TPSA) is 53.3 Å². The van der Waals surface area contributed by atoms with Crippen molar-refractivity contribution < 1.29 is 9.53 Å². The summed E-state index contributed by atoms with van der Waals surface area (Å²) in [7, 11) is 0. The zero-order valence-electron chi connectivity index (χ0n) is 9.93. The first kappa shape index (κ1) is 13.0. The van der Waals surface area contributed by atoms with Crippen molar-refractivity contribution in [3.8, 4) is 6.07 Å². The summed E-state index contributed by atoms with van der Waals surface area (Å²) in [5.41, 5.74) is 1.09. The Bertz CT molecular complexity index is 384. The van der Waals surface area contributed by atoms with Crippen LogP contribution in [0.5, 0.6) is 0 Å². The third-order valence-electron chi connectivity index (χ3n) is 2.39. The quantitative estimate of drug-likeness (QED) is 0.704. The van der Waals surface area contributed by atoms with Crippen LogP contribution in [0.15, 0.2) is 30.3 Å². The Morgan fingerprint density at radius 1 is 1.41 bits per heavy atom. The van der Waals surface area contributed by atoms with Gasteiger partial charge in [-0.1, -0.05) is 18.2 Å². The van der Waals surface area contributed by atoms with Crippen molar-refractivity contribution in [2.24, 2.45) is 0 Å². The molecule has 4 heteroatoms. The minimum Gasteiger partial charge on any atom is -0.450 e. The van der Waals surface area contributed by atoms with E-state index in [1.807, 2.05) is 37.3 Å². The van der Waals surface area contributed by atoms with E-state index in [0.717, 1.165) is 12.2 Å². The average molecular weight is 232 g/mol. The summed E-state index contributed by atoms with van der Waals surface area (Å²) in [5.74, 6) is -0.332. The number of para-hydroxylation sites is 1. The molecule has 0 fully saturated rings. The van der Waals surface area contributed by atoms with Crippen LogP contribution in [-0.2, 0) is 9.53 Å². The van der Waals surface area contributed by atoms with Gasteiger partial charge in [-0.15, -0.1) is 0 Å². The zero-order chi connectivity index (χ0) is 12.5. The summed E-state index contributed by atoms with van der Waals surface area (Å²) in [6.07, 6.45) is 0.296. The van der Waals surface area contributed by atoms with E-state index in [-0.39, 0.29) is 12.6 Å². The first-order valence-corrected chi connectivity index (χ1v) is 5.60. The standard InChI is InChI=1S/C13H16N2O2/c1-2-15(12-6-4-3-5-7-12)10-8-13(16)17-11-9-14/h3-7H,2,8,10-11H2,1H3. The molecule has 0 heterocycles. The summed E-state index contributed by atoms with van der Waals surface area (Å²) in [5, 5.41) is 8.28. The third-order valence-corrected chi connectivity index (χ3v) is 2.39. The molecule has 0 aliphatic rings. The maximum absolute atomic E-state index is 11.3. The SMILES string of the molecule is CCN(CCC(=O)OCC#N)c1ccccc1. The predicted octanol–water partition coefficient (Wildman–Crippen LogP) is 1.97. The summed E-state index contributed by atoms with van der Waals surface area (Å²) >= 11 is 0. The second kappa shape index (κ2) is 7.29. The molecule has 4 nitrogen and oxygen atoms in total. The van der Waals surface area contributed by atoms with Crippen LogP contribution >= 0.6 is 0 Å². The number of rotatable bonds is 6. The molecule has 0 saturated carbocycles. The minimum atomic E-state index is -0.332. The van der Waals surface area contributed by atoms with Crippen LogP contribution in [-0.4, -0.2) is 25.7 Å². The van der Waals surface area contributed by atoms with Crippen molar-refractivity contribution in [2.45, 2.75) is 13.3 Å². The van der Waals surface area contributed by atoms with Gasteiger partial charge in [0.05, 0.1) is 6.42 Å². The van der Waals surface area contributed by atoms with Crippen LogP contribution < -0.4 is 4.90 Å². The van der Waals surface area contributed by atoms with Gasteiger partial charge in [0.15, 0.2) is 6.61 Å². The lowest BCUT2D eigenvalue weighted by atomic mass is 10.2. The van der Waals surface area contributed by atoms with Crippen LogP contribution in [0.3, 0.4) is 0 Å². The molecular formula is C13H16N2O2. The molecule has 1 rings (SSSR count). The molecule has 0 atom stereocenters. The first-order chi connectivity index (χ1) is 8.27. The molecule has 17 heavy (non-hydrogen) atoms. The molecule has 0 aromatic heterocycles. The Morgan fingerprint density at radius 2 is 2.12 bits per heavy atom. The number of hydrogen-bond donors (Lipinski definition) is 0. The Labute approximate surface area is 101 Å². The van der Waals surface area contributed by atoms with Crippen LogP contribution in [0, 0.1) is 11.3 Å². The molecule has 0 bridgehead atoms. The lowest BCUT2D eigenvalue weighted by Crippen LogP contribution is -2.26. The van der Waals surface area contributed by atoms with Gasteiger partial charge in [0.1, 0.15) is 6.07 Å². The van der Waals surface area contributed by atoms with Crippen molar-refractivity contribution in [1.29, 1.82) is 5.26 Å². The lowest BCUT2D eigenvalue weighted by Gasteiger charge is -2.22. The molecule has 1 aromatic carbocycles. The fourth-order valence-corrected chi connectivity index (χ4v) is 1.52. The molecule has 0 aliphatic carbocycles. The number of carbonyl (C=O) groups excluding carboxylic acids is 1. The second-order valence-electron chi connectivity index (χ2n) is 3.48. The maximum Gasteiger partial charge on any atom is 0.308 e. The normalized spacial score (nSPS) is 9.41. The van der Waals surface area contributed by atoms with E-state index in [1.54, 1.807) is 6.07 Å². The van der Waals surface area contributed by atoms with Gasteiger partial charge in [-0.3, -0.25) is 4.79 Å². The second-order valence-corrected chi connectivity index (χ2v) is 3.48. The highest BCUT2D eigenvalue weighted by Gasteiger charge is 2.07. The van der Waals surface area contributed by atoms with Gasteiger partial charge in [-0.05, 0) is 19.1 Å². The van der Waals surface area contributed by atoms with E-state index in [0.29, 0.717) is 13.0 Å². The zero-order valence-corrected chi connectivity index (χ0v) is 9.93. The Hall–Kier alpha value is -2.02. The van der Waals surface area contributed by atoms with E-state index < -0.39 is 0 Å². The number of benzene rings is 1. The van der Waals surface area contributed by atoms with Gasteiger partial charge < -0.3 is 9.64 Å². The van der Waals surface area contributed by atoms with Crippen LogP contribution in [0.4, 0.5) is 5.69 Å². The molecule has 0 N–H and O–H groups in total. The van der Waals surface area contributed by atoms with Crippen molar-refractivity contribution in [3.05, 3.63) is 30.3 Å². The highest BCUT2D eigenvalue weighted by atomic mass is 16.5. The monoisotopic (exact) mass is 232 g/mol. The fourth-order valence-electron chi connectivity index (χ4n) is 1.52. The molecule has 1 aromatic rings. The van der Waals surface area contributed by atoms with Gasteiger partial charge in [0.25, 0.3) is 0 Å². The van der Waals surface area contributed by atoms with Crippen molar-refractivity contribution in [2.75, 3.05) is 24.6 Å². The first-order valence-electron chi connectivity index (χ1n) is 5.60. The van der Waals surface area contributed by atoms with Crippen LogP contribution in [0.2, 0.25) is 0 Å². The van der Waals surface area contributed by atoms with E-state index in [4.69, 9.17) is 10.00 Å². The molecule has 90 valence electrons. The van der Waals surface area contributed by atoms with Crippen molar-refractivity contribution in [1.82, 2.24) is 0 Å². The number of hydrogen-bond acceptors (Lipinski definition) is 4. The number of anilines is 1. The molecule has 0 unspecified atom stereocenters. The maximum atomic E-state index is 11.3. The number of carbonyl (C=O) groups is 1. The predicted molar refractivity (Wildman–Crippen MR) is 65.5 cm³/mol. The van der Waals surface area contributed by atoms with Crippen molar-refractivity contribution >= 4 is 11.7 Å². The summed E-state index contributed by atoms with van der Waals surface area (Å²) < 4.78 is 4.70. The summed E-state index contributed by atoms with van der Waals surface area (Å²) in [6.45, 7) is 3.30. The van der Waals surface area contributed by atoms with Gasteiger partial charge in [-0.25, -0.2) is 0 Å². The lowest BCUT2D eigenvalue weighted by molar-refractivity contribution is -0.141. The van der Waals surface area contributed by atoms with E-state index in [2.05, 4.69) is 4.90 Å². The average Bonchev–Trinajstić information content (AvgIpc) is 2.38. The van der Waals surface area contributed by atoms with Crippen LogP contribution in [0.1, 0.15) is 13.3 Å². The number of ether oxygens (including phenoxy) is 1. The largest absolute Gasteiger partial charge is 0.450 e. The molecule has 0 spiro atoms. The molecule has 0 saturated heterocycles. The summed E-state index contributed by atoms with van der Waals surface area (Å²) in [4.78, 5) is 13.3. The van der Waals surface area contributed by atoms with Gasteiger partial charge in [0.2, 0.25) is 0 Å². The van der Waals surface area contributed by atoms with E-state index in [9.17, 15) is 4.79 Å². The van der Waals surface area contributed by atoms with Gasteiger partial charge in [0, 0.05) is 18.8 Å². The minimum absolute atomic E-state index is 0.170. The Kier molecular flexibility index (Phi) is 5.59. The molecule has 0 radical (unpaired) electrons. The Balaban J connectivity index is 2.44. The molecule has 0 amide bonds. The number of nitrogens with zero attached hydrogens (tertiary/aromatic N) is 2. The Morgan fingerprint density at radius 3 is 2.71 bits per heavy atom. The number of esters is 1. The highest BCUT2D eigenvalue weighted by molar-refractivity contribution is 5.70. The smallest absolute Gasteiger partial charge is 0.308 e. The van der Waals surface area contributed by atoms with Gasteiger partial charge in [-0.2, -0.15) is 5.26 Å². The molecule has 0 aliphatic heterocycles. The van der Waals surface area contributed by atoms with Crippen molar-refractivity contribution in [3.63, 3.8) is 0 Å². The third kappa shape index (κ3) is 4.56. The van der Waals surface area contributed by atoms with E-state index >= 15 is 0 Å².